The van der Waals surface area contributed by atoms with E-state index >= 15 is 0 Å². The monoisotopic (exact) mass is 384 g/mol. The minimum Gasteiger partial charge on any atom is -0.449 e. The van der Waals surface area contributed by atoms with Gasteiger partial charge in [-0.2, -0.15) is 0 Å². The molecule has 0 radical (unpaired) electrons. The Kier molecular flexibility index (Phi) is 5.43. The fourth-order valence-corrected chi connectivity index (χ4v) is 3.95. The molecule has 2 aromatic carbocycles. The second kappa shape index (κ2) is 8.31. The highest BCUT2D eigenvalue weighted by Gasteiger charge is 2.28. The molecule has 1 aliphatic rings. The van der Waals surface area contributed by atoms with Gasteiger partial charge in [-0.3, -0.25) is 4.98 Å². The van der Waals surface area contributed by atoms with Gasteiger partial charge in [-0.05, 0) is 53.8 Å². The number of fused-ring (bicyclic) bond motifs is 3. The number of carbonyl (C=O) groups excluding carboxylic acids is 1. The van der Waals surface area contributed by atoms with Crippen molar-refractivity contribution < 1.29 is 9.53 Å². The van der Waals surface area contributed by atoms with Gasteiger partial charge in [-0.1, -0.05) is 60.7 Å². The van der Waals surface area contributed by atoms with E-state index in [4.69, 9.17) is 4.74 Å². The Labute approximate surface area is 171 Å². The molecule has 0 fully saturated rings. The topological polar surface area (TPSA) is 51.2 Å². The number of benzene rings is 2. The van der Waals surface area contributed by atoms with Crippen molar-refractivity contribution in [3.8, 4) is 11.1 Å². The first-order valence-corrected chi connectivity index (χ1v) is 9.82. The Hall–Kier alpha value is -3.40. The lowest BCUT2D eigenvalue weighted by molar-refractivity contribution is 0.144. The highest BCUT2D eigenvalue weighted by Crippen LogP contribution is 2.44. The summed E-state index contributed by atoms with van der Waals surface area (Å²) < 4.78 is 5.54. The van der Waals surface area contributed by atoms with Gasteiger partial charge in [0.05, 0.1) is 0 Å². The van der Waals surface area contributed by atoms with Gasteiger partial charge in [0.25, 0.3) is 0 Å². The van der Waals surface area contributed by atoms with Gasteiger partial charge in [0.15, 0.2) is 0 Å². The molecule has 0 bridgehead atoms. The fraction of sp³-hybridized carbons (Fsp3) is 0.200. The zero-order valence-corrected chi connectivity index (χ0v) is 16.7. The van der Waals surface area contributed by atoms with E-state index in [0.717, 1.165) is 17.0 Å². The highest BCUT2D eigenvalue weighted by atomic mass is 16.5. The van der Waals surface area contributed by atoms with Crippen LogP contribution < -0.4 is 5.32 Å². The Balaban J connectivity index is 1.34. The Morgan fingerprint density at radius 2 is 1.59 bits per heavy atom. The molecular weight excluding hydrogens is 360 g/mol. The van der Waals surface area contributed by atoms with Crippen LogP contribution >= 0.6 is 0 Å². The smallest absolute Gasteiger partial charge is 0.407 e. The minimum atomic E-state index is -0.404. The quantitative estimate of drug-likeness (QED) is 0.654. The molecule has 29 heavy (non-hydrogen) atoms. The molecule has 0 aliphatic heterocycles. The number of aryl methyl sites for hydroxylation is 2. The van der Waals surface area contributed by atoms with Crippen LogP contribution in [0, 0.1) is 13.8 Å². The van der Waals surface area contributed by atoms with Crippen LogP contribution in [0.2, 0.25) is 0 Å². The lowest BCUT2D eigenvalue weighted by Crippen LogP contribution is -2.26. The summed E-state index contributed by atoms with van der Waals surface area (Å²) in [6.07, 6.45) is 3.49. The molecular formula is C25H24N2O2. The first-order chi connectivity index (χ1) is 14.1. The van der Waals surface area contributed by atoms with Crippen molar-refractivity contribution in [1.29, 1.82) is 0 Å². The summed E-state index contributed by atoms with van der Waals surface area (Å²) >= 11 is 0. The number of ether oxygens (including phenoxy) is 1. The third kappa shape index (κ3) is 4.21. The molecule has 146 valence electrons. The number of hydrogen-bond donors (Lipinski definition) is 1. The molecule has 4 rings (SSSR count). The fourth-order valence-electron chi connectivity index (χ4n) is 3.95. The number of carbonyl (C=O) groups is 1. The maximum Gasteiger partial charge on any atom is 0.407 e. The van der Waals surface area contributed by atoms with E-state index in [1.807, 2.05) is 62.4 Å². The van der Waals surface area contributed by atoms with Crippen LogP contribution in [0.15, 0.2) is 66.7 Å². The number of nitrogens with one attached hydrogen (secondary N) is 1. The molecule has 3 aromatic rings. The molecule has 0 saturated carbocycles. The number of rotatable bonds is 5. The summed E-state index contributed by atoms with van der Waals surface area (Å²) in [6, 6.07) is 20.7. The van der Waals surface area contributed by atoms with Crippen LogP contribution in [-0.4, -0.2) is 24.2 Å². The maximum absolute atomic E-state index is 12.2. The molecule has 0 saturated heterocycles. The number of alkyl carbamates (subject to hydrolysis) is 1. The van der Waals surface area contributed by atoms with Crippen molar-refractivity contribution in [1.82, 2.24) is 10.3 Å². The zero-order chi connectivity index (χ0) is 20.2. The van der Waals surface area contributed by atoms with E-state index in [-0.39, 0.29) is 5.92 Å². The molecule has 0 unspecified atom stereocenters. The molecule has 1 aliphatic carbocycles. The molecule has 4 nitrogen and oxygen atoms in total. The van der Waals surface area contributed by atoms with Crippen LogP contribution in [0.1, 0.15) is 34.0 Å². The van der Waals surface area contributed by atoms with Gasteiger partial charge in [0.1, 0.15) is 6.61 Å². The van der Waals surface area contributed by atoms with Gasteiger partial charge in [0, 0.05) is 23.9 Å². The van der Waals surface area contributed by atoms with Gasteiger partial charge >= 0.3 is 6.09 Å². The lowest BCUT2D eigenvalue weighted by atomic mass is 9.98. The van der Waals surface area contributed by atoms with Gasteiger partial charge in [0.2, 0.25) is 0 Å². The SMILES string of the molecule is Cc1cc(C=CCNC(=O)OCC2c3ccccc3-c3ccccc32)cc(C)n1. The van der Waals surface area contributed by atoms with Crippen molar-refractivity contribution in [2.24, 2.45) is 0 Å². The number of aromatic nitrogens is 1. The average Bonchev–Trinajstić information content (AvgIpc) is 3.03. The summed E-state index contributed by atoms with van der Waals surface area (Å²) in [7, 11) is 0. The first kappa shape index (κ1) is 18.9. The van der Waals surface area contributed by atoms with Crippen molar-refractivity contribution in [2.75, 3.05) is 13.2 Å². The Morgan fingerprint density at radius 3 is 2.21 bits per heavy atom. The predicted octanol–water partition coefficient (Wildman–Crippen LogP) is 5.25. The molecule has 4 heteroatoms. The number of nitrogens with zero attached hydrogens (tertiary/aromatic N) is 1. The summed E-state index contributed by atoms with van der Waals surface area (Å²) in [5, 5.41) is 2.79. The third-order valence-corrected chi connectivity index (χ3v) is 5.12. The van der Waals surface area contributed by atoms with E-state index < -0.39 is 6.09 Å². The van der Waals surface area contributed by atoms with Crippen LogP contribution in [0.25, 0.3) is 17.2 Å². The van der Waals surface area contributed by atoms with E-state index in [1.165, 1.54) is 22.3 Å². The second-order valence-corrected chi connectivity index (χ2v) is 7.29. The minimum absolute atomic E-state index is 0.0754. The zero-order valence-electron chi connectivity index (χ0n) is 16.7. The maximum atomic E-state index is 12.2. The van der Waals surface area contributed by atoms with E-state index in [2.05, 4.69) is 34.6 Å². The van der Waals surface area contributed by atoms with Crippen LogP contribution in [0.4, 0.5) is 4.79 Å². The van der Waals surface area contributed by atoms with Gasteiger partial charge in [-0.15, -0.1) is 0 Å². The van der Waals surface area contributed by atoms with Crippen LogP contribution in [-0.2, 0) is 4.74 Å². The Bertz CT molecular complexity index is 1010. The second-order valence-electron chi connectivity index (χ2n) is 7.29. The summed E-state index contributed by atoms with van der Waals surface area (Å²) in [4.78, 5) is 16.5. The summed E-state index contributed by atoms with van der Waals surface area (Å²) in [5.41, 5.74) is 7.91. The standard InChI is InChI=1S/C25H24N2O2/c1-17-14-19(15-18(2)27-17)8-7-13-26-25(28)29-16-24-22-11-5-3-9-20(22)21-10-4-6-12-23(21)24/h3-12,14-15,24H,13,16H2,1-2H3,(H,26,28). The third-order valence-electron chi connectivity index (χ3n) is 5.12. The first-order valence-electron chi connectivity index (χ1n) is 9.82. The number of hydrogen-bond acceptors (Lipinski definition) is 3. The number of amides is 1. The molecule has 1 N–H and O–H groups in total. The number of pyridine rings is 1. The normalized spacial score (nSPS) is 12.6. The summed E-state index contributed by atoms with van der Waals surface area (Å²) in [5.74, 6) is 0.0754. The molecule has 1 amide bonds. The van der Waals surface area contributed by atoms with Crippen LogP contribution in [0.3, 0.4) is 0 Å². The van der Waals surface area contributed by atoms with Gasteiger partial charge < -0.3 is 10.1 Å². The predicted molar refractivity (Wildman–Crippen MR) is 116 cm³/mol. The average molecular weight is 384 g/mol. The largest absolute Gasteiger partial charge is 0.449 e. The van der Waals surface area contributed by atoms with E-state index in [9.17, 15) is 4.79 Å². The highest BCUT2D eigenvalue weighted by molar-refractivity contribution is 5.79. The lowest BCUT2D eigenvalue weighted by Gasteiger charge is -2.14. The van der Waals surface area contributed by atoms with E-state index in [1.54, 1.807) is 0 Å². The Morgan fingerprint density at radius 1 is 1.00 bits per heavy atom. The summed E-state index contributed by atoms with van der Waals surface area (Å²) in [6.45, 7) is 4.68. The van der Waals surface area contributed by atoms with Crippen molar-refractivity contribution in [3.05, 3.63) is 94.8 Å². The van der Waals surface area contributed by atoms with Crippen molar-refractivity contribution in [2.45, 2.75) is 19.8 Å². The van der Waals surface area contributed by atoms with Crippen molar-refractivity contribution >= 4 is 12.2 Å². The van der Waals surface area contributed by atoms with Crippen molar-refractivity contribution in [3.63, 3.8) is 0 Å². The van der Waals surface area contributed by atoms with Crippen LogP contribution in [0.5, 0.6) is 0 Å². The molecule has 1 aromatic heterocycles. The molecule has 0 atom stereocenters. The van der Waals surface area contributed by atoms with E-state index in [0.29, 0.717) is 13.2 Å². The van der Waals surface area contributed by atoms with Gasteiger partial charge in [-0.25, -0.2) is 4.79 Å². The molecule has 1 heterocycles. The molecule has 0 spiro atoms.